The molecule has 0 atom stereocenters. The van der Waals surface area contributed by atoms with Crippen LogP contribution < -0.4 is 4.74 Å². The predicted octanol–water partition coefficient (Wildman–Crippen LogP) is 3.30. The minimum absolute atomic E-state index is 0.116. The minimum Gasteiger partial charge on any atom is -0.497 e. The third-order valence-electron chi connectivity index (χ3n) is 2.63. The molecular formula is C14H11Cl3N6O. The van der Waals surface area contributed by atoms with E-state index in [2.05, 4.69) is 29.9 Å². The van der Waals surface area contributed by atoms with Crippen molar-refractivity contribution < 1.29 is 4.74 Å². The van der Waals surface area contributed by atoms with Crippen molar-refractivity contribution in [2.75, 3.05) is 7.11 Å². The van der Waals surface area contributed by atoms with E-state index in [-0.39, 0.29) is 15.9 Å². The van der Waals surface area contributed by atoms with Crippen molar-refractivity contribution in [2.24, 2.45) is 0 Å². The molecule has 10 heteroatoms. The van der Waals surface area contributed by atoms with Gasteiger partial charge in [-0.3, -0.25) is 0 Å². The van der Waals surface area contributed by atoms with Gasteiger partial charge in [0.15, 0.2) is 0 Å². The number of nitrogens with zero attached hydrogens (tertiary/aromatic N) is 6. The predicted molar refractivity (Wildman–Crippen MR) is 90.5 cm³/mol. The number of rotatable bonds is 3. The zero-order valence-electron chi connectivity index (χ0n) is 12.4. The molecule has 0 unspecified atom stereocenters. The Kier molecular flexibility index (Phi) is 7.05. The number of methoxy groups -OCH3 is 1. The molecule has 0 fully saturated rings. The molecule has 0 N–H and O–H groups in total. The monoisotopic (exact) mass is 384 g/mol. The molecule has 0 bridgehead atoms. The van der Waals surface area contributed by atoms with Gasteiger partial charge >= 0.3 is 0 Å². The lowest BCUT2D eigenvalue weighted by molar-refractivity contribution is 0.414. The molecule has 7 nitrogen and oxygen atoms in total. The van der Waals surface area contributed by atoms with E-state index in [1.54, 1.807) is 7.11 Å². The Bertz CT molecular complexity index is 770. The van der Waals surface area contributed by atoms with E-state index in [4.69, 9.17) is 39.5 Å². The van der Waals surface area contributed by atoms with Crippen molar-refractivity contribution in [1.82, 2.24) is 29.9 Å². The molecule has 2 aromatic heterocycles. The molecule has 24 heavy (non-hydrogen) atoms. The molecule has 0 saturated heterocycles. The van der Waals surface area contributed by atoms with Crippen molar-refractivity contribution in [3.63, 3.8) is 0 Å². The van der Waals surface area contributed by atoms with Gasteiger partial charge in [-0.2, -0.15) is 4.98 Å². The van der Waals surface area contributed by atoms with Crippen molar-refractivity contribution in [3.8, 4) is 5.75 Å². The van der Waals surface area contributed by atoms with Crippen molar-refractivity contribution >= 4 is 34.8 Å². The quantitative estimate of drug-likeness (QED) is 0.683. The van der Waals surface area contributed by atoms with Crippen LogP contribution in [-0.4, -0.2) is 37.0 Å². The van der Waals surface area contributed by atoms with E-state index in [1.807, 2.05) is 24.3 Å². The molecule has 0 saturated carbocycles. The summed E-state index contributed by atoms with van der Waals surface area (Å²) in [5.41, 5.74) is 1.10. The fourth-order valence-electron chi connectivity index (χ4n) is 1.58. The molecule has 0 spiro atoms. The number of ether oxygens (including phenoxy) is 1. The summed E-state index contributed by atoms with van der Waals surface area (Å²) >= 11 is 16.3. The maximum atomic E-state index is 5.68. The fourth-order valence-corrected chi connectivity index (χ4v) is 2.01. The van der Waals surface area contributed by atoms with E-state index >= 15 is 0 Å². The SMILES string of the molecule is COc1ccc(Cc2ncnc(Cl)n2)cc1.Clc1ncnc(Cl)n1. The van der Waals surface area contributed by atoms with Crippen LogP contribution in [0.5, 0.6) is 5.75 Å². The molecular weight excluding hydrogens is 375 g/mol. The lowest BCUT2D eigenvalue weighted by atomic mass is 10.1. The maximum Gasteiger partial charge on any atom is 0.226 e. The summed E-state index contributed by atoms with van der Waals surface area (Å²) in [6.07, 6.45) is 3.29. The van der Waals surface area contributed by atoms with Crippen LogP contribution in [0.4, 0.5) is 0 Å². The first-order valence-corrected chi connectivity index (χ1v) is 7.66. The van der Waals surface area contributed by atoms with Crippen LogP contribution in [0.15, 0.2) is 36.9 Å². The normalized spacial score (nSPS) is 9.83. The zero-order chi connectivity index (χ0) is 17.4. The first-order chi connectivity index (χ1) is 11.6. The summed E-state index contributed by atoms with van der Waals surface area (Å²) in [5.74, 6) is 1.49. The Labute approximate surface area is 153 Å². The van der Waals surface area contributed by atoms with Crippen LogP contribution in [0, 0.1) is 0 Å². The zero-order valence-corrected chi connectivity index (χ0v) is 14.7. The average Bonchev–Trinajstić information content (AvgIpc) is 2.56. The lowest BCUT2D eigenvalue weighted by Crippen LogP contribution is -1.97. The largest absolute Gasteiger partial charge is 0.497 e. The van der Waals surface area contributed by atoms with E-state index in [1.165, 1.54) is 12.7 Å². The van der Waals surface area contributed by atoms with Gasteiger partial charge < -0.3 is 4.74 Å². The number of aromatic nitrogens is 6. The number of benzene rings is 1. The van der Waals surface area contributed by atoms with Crippen LogP contribution in [0.25, 0.3) is 0 Å². The topological polar surface area (TPSA) is 86.6 Å². The first-order valence-electron chi connectivity index (χ1n) is 6.53. The van der Waals surface area contributed by atoms with Gasteiger partial charge in [-0.15, -0.1) is 0 Å². The fraction of sp³-hybridized carbons (Fsp3) is 0.143. The van der Waals surface area contributed by atoms with Crippen LogP contribution in [0.2, 0.25) is 15.9 Å². The summed E-state index contributed by atoms with van der Waals surface area (Å²) in [6.45, 7) is 0. The Balaban J connectivity index is 0.000000219. The Morgan fingerprint density at radius 1 is 0.792 bits per heavy atom. The highest BCUT2D eigenvalue weighted by molar-refractivity contribution is 6.30. The summed E-state index contributed by atoms with van der Waals surface area (Å²) < 4.78 is 5.08. The Morgan fingerprint density at radius 3 is 1.79 bits per heavy atom. The van der Waals surface area contributed by atoms with Crippen LogP contribution in [-0.2, 0) is 6.42 Å². The van der Waals surface area contributed by atoms with Gasteiger partial charge in [-0.25, -0.2) is 24.9 Å². The third kappa shape index (κ3) is 6.19. The molecule has 1 aromatic carbocycles. The van der Waals surface area contributed by atoms with Crippen LogP contribution in [0.3, 0.4) is 0 Å². The average molecular weight is 386 g/mol. The second-order valence-corrected chi connectivity index (χ2v) is 5.23. The molecule has 0 amide bonds. The molecule has 0 radical (unpaired) electrons. The van der Waals surface area contributed by atoms with E-state index in [9.17, 15) is 0 Å². The first kappa shape index (κ1) is 18.3. The van der Waals surface area contributed by atoms with Gasteiger partial charge in [0, 0.05) is 6.42 Å². The molecule has 0 aliphatic carbocycles. The van der Waals surface area contributed by atoms with Crippen LogP contribution >= 0.6 is 34.8 Å². The number of hydrogen-bond donors (Lipinski definition) is 0. The second-order valence-electron chi connectivity index (χ2n) is 4.22. The summed E-state index contributed by atoms with van der Waals surface area (Å²) in [5, 5.41) is 0.452. The number of hydrogen-bond acceptors (Lipinski definition) is 7. The van der Waals surface area contributed by atoms with Gasteiger partial charge in [0.1, 0.15) is 24.2 Å². The van der Waals surface area contributed by atoms with Crippen molar-refractivity contribution in [2.45, 2.75) is 6.42 Å². The van der Waals surface area contributed by atoms with Crippen LogP contribution in [0.1, 0.15) is 11.4 Å². The molecule has 0 aliphatic heterocycles. The summed E-state index contributed by atoms with van der Waals surface area (Å²) in [7, 11) is 1.64. The third-order valence-corrected chi connectivity index (χ3v) is 3.17. The van der Waals surface area contributed by atoms with Gasteiger partial charge in [0.25, 0.3) is 0 Å². The van der Waals surface area contributed by atoms with E-state index < -0.39 is 0 Å². The van der Waals surface area contributed by atoms with Gasteiger partial charge in [-0.05, 0) is 52.5 Å². The highest BCUT2D eigenvalue weighted by Crippen LogP contribution is 2.13. The summed E-state index contributed by atoms with van der Waals surface area (Å²) in [4.78, 5) is 22.3. The van der Waals surface area contributed by atoms with Crippen molar-refractivity contribution in [3.05, 3.63) is 64.2 Å². The highest BCUT2D eigenvalue weighted by atomic mass is 35.5. The standard InChI is InChI=1S/C11H10ClN3O.C3HCl2N3/c1-16-9-4-2-8(3-5-9)6-10-13-7-14-11(12)15-10;4-2-6-1-7-3(5)8-2/h2-5,7H,6H2,1H3;1H. The lowest BCUT2D eigenvalue weighted by Gasteiger charge is -2.02. The maximum absolute atomic E-state index is 5.68. The van der Waals surface area contributed by atoms with E-state index in [0.717, 1.165) is 11.3 Å². The second kappa shape index (κ2) is 9.27. The smallest absolute Gasteiger partial charge is 0.226 e. The molecule has 2 heterocycles. The van der Waals surface area contributed by atoms with Gasteiger partial charge in [-0.1, -0.05) is 12.1 Å². The van der Waals surface area contributed by atoms with E-state index in [0.29, 0.717) is 12.2 Å². The number of halogens is 3. The minimum atomic E-state index is 0.116. The Hall–Kier alpha value is -2.09. The molecule has 0 aliphatic rings. The Morgan fingerprint density at radius 2 is 1.33 bits per heavy atom. The molecule has 3 rings (SSSR count). The van der Waals surface area contributed by atoms with Crippen molar-refractivity contribution in [1.29, 1.82) is 0 Å². The summed E-state index contributed by atoms with van der Waals surface area (Å²) in [6, 6.07) is 7.74. The molecule has 124 valence electrons. The van der Waals surface area contributed by atoms with Gasteiger partial charge in [0.05, 0.1) is 7.11 Å². The van der Waals surface area contributed by atoms with Gasteiger partial charge in [0.2, 0.25) is 15.9 Å². The highest BCUT2D eigenvalue weighted by Gasteiger charge is 2.01. The molecule has 3 aromatic rings.